The highest BCUT2D eigenvalue weighted by atomic mass is 32.2. The molecule has 0 aliphatic heterocycles. The first kappa shape index (κ1) is 12.5. The molecule has 1 aromatic carbocycles. The van der Waals surface area contributed by atoms with Crippen molar-refractivity contribution in [2.75, 3.05) is 0 Å². The van der Waals surface area contributed by atoms with Gasteiger partial charge in [-0.2, -0.15) is 0 Å². The maximum Gasteiger partial charge on any atom is 0.239 e. The van der Waals surface area contributed by atoms with Crippen LogP contribution in [0, 0.1) is 6.92 Å². The number of hydrogen-bond donors (Lipinski definition) is 1. The monoisotopic (exact) mass is 264 g/mol. The zero-order valence-corrected chi connectivity index (χ0v) is 10.5. The molecule has 0 saturated carbocycles. The van der Waals surface area contributed by atoms with Gasteiger partial charge >= 0.3 is 0 Å². The van der Waals surface area contributed by atoms with Crippen LogP contribution < -0.4 is 9.88 Å². The molecule has 1 aromatic heterocycles. The van der Waals surface area contributed by atoms with Crippen molar-refractivity contribution in [3.05, 3.63) is 48.2 Å². The van der Waals surface area contributed by atoms with E-state index in [0.29, 0.717) is 11.6 Å². The Morgan fingerprint density at radius 2 is 2.00 bits per heavy atom. The van der Waals surface area contributed by atoms with Crippen molar-refractivity contribution in [1.82, 2.24) is 4.98 Å². The van der Waals surface area contributed by atoms with Gasteiger partial charge in [0.1, 0.15) is 10.6 Å². The molecule has 0 fully saturated rings. The van der Waals surface area contributed by atoms with Crippen molar-refractivity contribution in [1.29, 1.82) is 0 Å². The Morgan fingerprint density at radius 3 is 2.56 bits per heavy atom. The highest BCUT2D eigenvalue weighted by Gasteiger charge is 2.08. The molecule has 2 N–H and O–H groups in total. The van der Waals surface area contributed by atoms with E-state index in [2.05, 4.69) is 4.98 Å². The van der Waals surface area contributed by atoms with Gasteiger partial charge in [0.15, 0.2) is 0 Å². The third kappa shape index (κ3) is 3.06. The number of sulfonamides is 1. The van der Waals surface area contributed by atoms with Crippen LogP contribution in [0.2, 0.25) is 0 Å². The average Bonchev–Trinajstić information content (AvgIpc) is 2.28. The summed E-state index contributed by atoms with van der Waals surface area (Å²) < 4.78 is 27.6. The van der Waals surface area contributed by atoms with E-state index >= 15 is 0 Å². The predicted octanol–water partition coefficient (Wildman–Crippen LogP) is 1.83. The van der Waals surface area contributed by atoms with Gasteiger partial charge in [0.2, 0.25) is 15.9 Å². The first-order chi connectivity index (χ1) is 8.45. The Hall–Kier alpha value is -1.92. The quantitative estimate of drug-likeness (QED) is 0.916. The summed E-state index contributed by atoms with van der Waals surface area (Å²) in [6.07, 6.45) is 1.17. The van der Waals surface area contributed by atoms with Crippen LogP contribution in [-0.4, -0.2) is 13.4 Å². The van der Waals surface area contributed by atoms with E-state index in [-0.39, 0.29) is 4.90 Å². The van der Waals surface area contributed by atoms with Gasteiger partial charge < -0.3 is 4.74 Å². The molecule has 1 heterocycles. The van der Waals surface area contributed by atoms with Gasteiger partial charge in [-0.05, 0) is 30.7 Å². The standard InChI is InChI=1S/C12H12N2O3S/c1-9-3-2-4-10(7-9)17-12-6-5-11(8-14-12)18(13,15)16/h2-8H,1H3,(H2,13,15,16). The summed E-state index contributed by atoms with van der Waals surface area (Å²) in [4.78, 5) is 3.85. The van der Waals surface area contributed by atoms with E-state index in [1.54, 1.807) is 6.07 Å². The second kappa shape index (κ2) is 4.75. The zero-order chi connectivity index (χ0) is 13.2. The second-order valence-electron chi connectivity index (χ2n) is 3.80. The van der Waals surface area contributed by atoms with Gasteiger partial charge in [-0.15, -0.1) is 0 Å². The molecule has 0 aliphatic carbocycles. The van der Waals surface area contributed by atoms with E-state index in [0.717, 1.165) is 5.56 Å². The van der Waals surface area contributed by atoms with E-state index in [1.807, 2.05) is 25.1 Å². The van der Waals surface area contributed by atoms with E-state index in [9.17, 15) is 8.42 Å². The molecule has 2 aromatic rings. The molecule has 0 amide bonds. The maximum atomic E-state index is 11.0. The number of hydrogen-bond acceptors (Lipinski definition) is 4. The van der Waals surface area contributed by atoms with Crippen molar-refractivity contribution in [3.63, 3.8) is 0 Å². The first-order valence-electron chi connectivity index (χ1n) is 5.18. The lowest BCUT2D eigenvalue weighted by atomic mass is 10.2. The molecule has 0 radical (unpaired) electrons. The van der Waals surface area contributed by atoms with Crippen LogP contribution >= 0.6 is 0 Å². The molecule has 6 heteroatoms. The molecule has 0 aliphatic rings. The van der Waals surface area contributed by atoms with Crippen LogP contribution in [0.4, 0.5) is 0 Å². The molecular weight excluding hydrogens is 252 g/mol. The smallest absolute Gasteiger partial charge is 0.239 e. The first-order valence-corrected chi connectivity index (χ1v) is 6.73. The molecule has 0 spiro atoms. The average molecular weight is 264 g/mol. The van der Waals surface area contributed by atoms with Crippen LogP contribution in [0.25, 0.3) is 0 Å². The summed E-state index contributed by atoms with van der Waals surface area (Å²) in [6, 6.07) is 10.3. The lowest BCUT2D eigenvalue weighted by Gasteiger charge is -2.05. The lowest BCUT2D eigenvalue weighted by Crippen LogP contribution is -2.12. The highest BCUT2D eigenvalue weighted by Crippen LogP contribution is 2.20. The summed E-state index contributed by atoms with van der Waals surface area (Å²) in [7, 11) is -3.72. The van der Waals surface area contributed by atoms with Crippen molar-refractivity contribution in [3.8, 4) is 11.6 Å². The number of rotatable bonds is 3. The van der Waals surface area contributed by atoms with E-state index in [4.69, 9.17) is 9.88 Å². The minimum atomic E-state index is -3.72. The number of pyridine rings is 1. The highest BCUT2D eigenvalue weighted by molar-refractivity contribution is 7.89. The number of aryl methyl sites for hydroxylation is 1. The topological polar surface area (TPSA) is 82.3 Å². The maximum absolute atomic E-state index is 11.0. The van der Waals surface area contributed by atoms with Gasteiger partial charge in [-0.3, -0.25) is 0 Å². The largest absolute Gasteiger partial charge is 0.439 e. The fourth-order valence-electron chi connectivity index (χ4n) is 1.39. The Balaban J connectivity index is 2.21. The normalized spacial score (nSPS) is 11.2. The molecular formula is C12H12N2O3S. The third-order valence-corrected chi connectivity index (χ3v) is 3.15. The fraction of sp³-hybridized carbons (Fsp3) is 0.0833. The fourth-order valence-corrected chi connectivity index (χ4v) is 1.85. The Labute approximate surface area is 105 Å². The van der Waals surface area contributed by atoms with Gasteiger partial charge in [0, 0.05) is 6.07 Å². The van der Waals surface area contributed by atoms with Crippen LogP contribution in [0.3, 0.4) is 0 Å². The Bertz CT molecular complexity index is 651. The van der Waals surface area contributed by atoms with Crippen LogP contribution in [0.1, 0.15) is 5.56 Å². The summed E-state index contributed by atoms with van der Waals surface area (Å²) in [6.45, 7) is 1.95. The molecule has 0 bridgehead atoms. The molecule has 0 saturated heterocycles. The summed E-state index contributed by atoms with van der Waals surface area (Å²) in [5.41, 5.74) is 1.06. The summed E-state index contributed by atoms with van der Waals surface area (Å²) >= 11 is 0. The minimum absolute atomic E-state index is 0.0425. The molecule has 0 unspecified atom stereocenters. The van der Waals surface area contributed by atoms with Crippen LogP contribution in [0.15, 0.2) is 47.5 Å². The lowest BCUT2D eigenvalue weighted by molar-refractivity contribution is 0.461. The summed E-state index contributed by atoms with van der Waals surface area (Å²) in [5.74, 6) is 0.957. The van der Waals surface area contributed by atoms with Gasteiger partial charge in [-0.25, -0.2) is 18.5 Å². The van der Waals surface area contributed by atoms with E-state index < -0.39 is 10.0 Å². The number of nitrogens with two attached hydrogens (primary N) is 1. The Morgan fingerprint density at radius 1 is 1.22 bits per heavy atom. The molecule has 18 heavy (non-hydrogen) atoms. The van der Waals surface area contributed by atoms with E-state index in [1.165, 1.54) is 18.3 Å². The van der Waals surface area contributed by atoms with Crippen molar-refractivity contribution >= 4 is 10.0 Å². The van der Waals surface area contributed by atoms with Gasteiger partial charge in [0.05, 0.1) is 6.20 Å². The Kier molecular flexibility index (Phi) is 3.31. The second-order valence-corrected chi connectivity index (χ2v) is 5.36. The van der Waals surface area contributed by atoms with Crippen LogP contribution in [0.5, 0.6) is 11.6 Å². The number of benzene rings is 1. The number of ether oxygens (including phenoxy) is 1. The van der Waals surface area contributed by atoms with Crippen LogP contribution in [-0.2, 0) is 10.0 Å². The number of aromatic nitrogens is 1. The van der Waals surface area contributed by atoms with Crippen molar-refractivity contribution in [2.45, 2.75) is 11.8 Å². The molecule has 94 valence electrons. The predicted molar refractivity (Wildman–Crippen MR) is 66.9 cm³/mol. The summed E-state index contributed by atoms with van der Waals surface area (Å²) in [5, 5.41) is 4.97. The third-order valence-electron chi connectivity index (χ3n) is 2.25. The molecule has 2 rings (SSSR count). The van der Waals surface area contributed by atoms with Gasteiger partial charge in [-0.1, -0.05) is 12.1 Å². The number of primary sulfonamides is 1. The molecule has 5 nitrogen and oxygen atoms in total. The minimum Gasteiger partial charge on any atom is -0.439 e. The number of nitrogens with zero attached hydrogens (tertiary/aromatic N) is 1. The SMILES string of the molecule is Cc1cccc(Oc2ccc(S(N)(=O)=O)cn2)c1. The van der Waals surface area contributed by atoms with Gasteiger partial charge in [0.25, 0.3) is 0 Å². The van der Waals surface area contributed by atoms with Crippen molar-refractivity contribution in [2.24, 2.45) is 5.14 Å². The van der Waals surface area contributed by atoms with Crippen molar-refractivity contribution < 1.29 is 13.2 Å². The molecule has 0 atom stereocenters. The zero-order valence-electron chi connectivity index (χ0n) is 9.70.